The van der Waals surface area contributed by atoms with Crippen LogP contribution in [0, 0.1) is 6.92 Å². The van der Waals surface area contributed by atoms with Gasteiger partial charge in [0, 0.05) is 5.56 Å². The predicted molar refractivity (Wildman–Crippen MR) is 123 cm³/mol. The highest BCUT2D eigenvalue weighted by molar-refractivity contribution is 7.92. The molecule has 0 aliphatic rings. The Kier molecular flexibility index (Phi) is 6.91. The topological polar surface area (TPSA) is 101 Å². The summed E-state index contributed by atoms with van der Waals surface area (Å²) in [6, 6.07) is 13.4. The summed E-state index contributed by atoms with van der Waals surface area (Å²) in [4.78, 5) is 12.8. The van der Waals surface area contributed by atoms with Crippen LogP contribution in [0.5, 0.6) is 5.75 Å². The molecule has 0 saturated carbocycles. The lowest BCUT2D eigenvalue weighted by Crippen LogP contribution is -2.45. The lowest BCUT2D eigenvalue weighted by atomic mass is 10.2. The van der Waals surface area contributed by atoms with Gasteiger partial charge in [-0.3, -0.25) is 14.4 Å². The molecular weight excluding hydrogens is 436 g/mol. The molecule has 10 heteroatoms. The Labute approximate surface area is 185 Å². The van der Waals surface area contributed by atoms with Crippen LogP contribution in [0.4, 0.5) is 10.8 Å². The van der Waals surface area contributed by atoms with Crippen LogP contribution >= 0.6 is 11.3 Å². The molecule has 164 valence electrons. The van der Waals surface area contributed by atoms with E-state index in [4.69, 9.17) is 4.74 Å². The van der Waals surface area contributed by atoms with E-state index in [2.05, 4.69) is 15.5 Å². The van der Waals surface area contributed by atoms with E-state index < -0.39 is 22.0 Å². The van der Waals surface area contributed by atoms with Gasteiger partial charge in [-0.05, 0) is 45.0 Å². The molecule has 0 spiro atoms. The van der Waals surface area contributed by atoms with Crippen molar-refractivity contribution in [3.05, 3.63) is 54.1 Å². The van der Waals surface area contributed by atoms with Gasteiger partial charge in [-0.15, -0.1) is 10.2 Å². The van der Waals surface area contributed by atoms with Crippen LogP contribution in [0.3, 0.4) is 0 Å². The molecule has 0 aliphatic heterocycles. The van der Waals surface area contributed by atoms with Crippen molar-refractivity contribution in [1.82, 2.24) is 10.2 Å². The molecule has 1 amide bonds. The van der Waals surface area contributed by atoms with Gasteiger partial charge in [0.2, 0.25) is 21.1 Å². The number of hydrogen-bond donors (Lipinski definition) is 1. The SMILES string of the molecule is CCOc1ccc(N(C(C)C(=O)Nc2nnc(-c3ccc(C)cc3)s2)S(C)(=O)=O)cc1. The van der Waals surface area contributed by atoms with Crippen LogP contribution in [0.2, 0.25) is 0 Å². The highest BCUT2D eigenvalue weighted by Crippen LogP contribution is 2.28. The second-order valence-electron chi connectivity index (χ2n) is 6.93. The Hall–Kier alpha value is -2.98. The number of amides is 1. The molecule has 0 saturated heterocycles. The number of ether oxygens (including phenoxy) is 1. The first-order valence-corrected chi connectivity index (χ1v) is 12.3. The van der Waals surface area contributed by atoms with E-state index >= 15 is 0 Å². The molecule has 8 nitrogen and oxygen atoms in total. The minimum Gasteiger partial charge on any atom is -0.494 e. The number of hydrogen-bond acceptors (Lipinski definition) is 7. The molecule has 0 radical (unpaired) electrons. The van der Waals surface area contributed by atoms with Crippen LogP contribution in [0.25, 0.3) is 10.6 Å². The summed E-state index contributed by atoms with van der Waals surface area (Å²) < 4.78 is 31.4. The van der Waals surface area contributed by atoms with Gasteiger partial charge in [0.1, 0.15) is 16.8 Å². The van der Waals surface area contributed by atoms with E-state index in [0.29, 0.717) is 28.2 Å². The third-order valence-corrected chi connectivity index (χ3v) is 6.57. The van der Waals surface area contributed by atoms with Crippen molar-refractivity contribution in [3.63, 3.8) is 0 Å². The van der Waals surface area contributed by atoms with E-state index in [-0.39, 0.29) is 0 Å². The number of anilines is 2. The first-order valence-electron chi connectivity index (χ1n) is 9.62. The summed E-state index contributed by atoms with van der Waals surface area (Å²) in [7, 11) is -3.72. The maximum absolute atomic E-state index is 12.8. The fraction of sp³-hybridized carbons (Fsp3) is 0.286. The highest BCUT2D eigenvalue weighted by Gasteiger charge is 2.29. The lowest BCUT2D eigenvalue weighted by molar-refractivity contribution is -0.116. The third kappa shape index (κ3) is 5.59. The van der Waals surface area contributed by atoms with Gasteiger partial charge in [-0.25, -0.2) is 8.42 Å². The number of nitrogens with zero attached hydrogens (tertiary/aromatic N) is 3. The molecule has 0 fully saturated rings. The summed E-state index contributed by atoms with van der Waals surface area (Å²) in [6.45, 7) is 5.88. The molecule has 3 aromatic rings. The minimum absolute atomic E-state index is 0.299. The van der Waals surface area contributed by atoms with E-state index in [9.17, 15) is 13.2 Å². The van der Waals surface area contributed by atoms with E-state index in [1.165, 1.54) is 18.3 Å². The molecule has 0 aliphatic carbocycles. The normalized spacial score (nSPS) is 12.3. The van der Waals surface area contributed by atoms with Gasteiger partial charge in [-0.2, -0.15) is 0 Å². The number of aromatic nitrogens is 2. The first kappa shape index (κ1) is 22.7. The van der Waals surface area contributed by atoms with E-state index in [0.717, 1.165) is 21.7 Å². The Bertz CT molecular complexity index is 1140. The first-order chi connectivity index (χ1) is 14.7. The summed E-state index contributed by atoms with van der Waals surface area (Å²) in [5.74, 6) is 0.111. The largest absolute Gasteiger partial charge is 0.494 e. The predicted octanol–water partition coefficient (Wildman–Crippen LogP) is 3.71. The van der Waals surface area contributed by atoms with Crippen LogP contribution < -0.4 is 14.4 Å². The number of benzene rings is 2. The molecule has 3 rings (SSSR count). The van der Waals surface area contributed by atoms with Gasteiger partial charge in [0.05, 0.1) is 18.6 Å². The highest BCUT2D eigenvalue weighted by atomic mass is 32.2. The van der Waals surface area contributed by atoms with Crippen LogP contribution in [0.15, 0.2) is 48.5 Å². The average Bonchev–Trinajstić information content (AvgIpc) is 3.17. The summed E-state index contributed by atoms with van der Waals surface area (Å²) in [6.07, 6.45) is 1.06. The summed E-state index contributed by atoms with van der Waals surface area (Å²) >= 11 is 1.22. The van der Waals surface area contributed by atoms with Gasteiger partial charge in [0.15, 0.2) is 0 Å². The Morgan fingerprint density at radius 2 is 1.77 bits per heavy atom. The van der Waals surface area contributed by atoms with Crippen molar-refractivity contribution in [2.45, 2.75) is 26.8 Å². The lowest BCUT2D eigenvalue weighted by Gasteiger charge is -2.28. The number of carbonyl (C=O) groups is 1. The van der Waals surface area contributed by atoms with E-state index in [1.54, 1.807) is 24.3 Å². The Balaban J connectivity index is 1.78. The molecule has 1 aromatic heterocycles. The van der Waals surface area contributed by atoms with Crippen LogP contribution in [-0.4, -0.2) is 43.4 Å². The molecule has 0 bridgehead atoms. The summed E-state index contributed by atoms with van der Waals surface area (Å²) in [5.41, 5.74) is 2.39. The molecule has 31 heavy (non-hydrogen) atoms. The molecule has 1 atom stereocenters. The molecular formula is C21H24N4O4S2. The van der Waals surface area contributed by atoms with Gasteiger partial charge in [0.25, 0.3) is 0 Å². The minimum atomic E-state index is -3.72. The van der Waals surface area contributed by atoms with Gasteiger partial charge in [-0.1, -0.05) is 41.2 Å². The number of carbonyl (C=O) groups excluding carboxylic acids is 1. The second-order valence-corrected chi connectivity index (χ2v) is 9.77. The zero-order valence-electron chi connectivity index (χ0n) is 17.7. The van der Waals surface area contributed by atoms with E-state index in [1.807, 2.05) is 38.1 Å². The molecule has 2 aromatic carbocycles. The molecule has 1 N–H and O–H groups in total. The second kappa shape index (κ2) is 9.44. The standard InChI is InChI=1S/C21H24N4O4S2/c1-5-29-18-12-10-17(11-13-18)25(31(4,27)28)15(3)19(26)22-21-24-23-20(30-21)16-8-6-14(2)7-9-16/h6-13,15H,5H2,1-4H3,(H,22,24,26). The number of rotatable bonds is 8. The smallest absolute Gasteiger partial charge is 0.249 e. The maximum Gasteiger partial charge on any atom is 0.249 e. The van der Waals surface area contributed by atoms with Crippen molar-refractivity contribution in [1.29, 1.82) is 0 Å². The fourth-order valence-electron chi connectivity index (χ4n) is 2.96. The zero-order chi connectivity index (χ0) is 22.6. The van der Waals surface area contributed by atoms with Crippen LogP contribution in [-0.2, 0) is 14.8 Å². The van der Waals surface area contributed by atoms with Crippen molar-refractivity contribution >= 4 is 38.1 Å². The van der Waals surface area contributed by atoms with Gasteiger partial charge >= 0.3 is 0 Å². The molecule has 1 unspecified atom stereocenters. The average molecular weight is 461 g/mol. The third-order valence-electron chi connectivity index (χ3n) is 4.44. The van der Waals surface area contributed by atoms with Gasteiger partial charge < -0.3 is 4.74 Å². The monoisotopic (exact) mass is 460 g/mol. The number of nitrogens with one attached hydrogen (secondary N) is 1. The van der Waals surface area contributed by atoms with Crippen molar-refractivity contribution in [3.8, 4) is 16.3 Å². The van der Waals surface area contributed by atoms with Crippen molar-refractivity contribution in [2.75, 3.05) is 22.5 Å². The Morgan fingerprint density at radius 1 is 1.13 bits per heavy atom. The zero-order valence-corrected chi connectivity index (χ0v) is 19.3. The fourth-order valence-corrected chi connectivity index (χ4v) is 4.89. The molecule has 1 heterocycles. The summed E-state index contributed by atoms with van der Waals surface area (Å²) in [5, 5.41) is 11.8. The Morgan fingerprint density at radius 3 is 2.35 bits per heavy atom. The van der Waals surface area contributed by atoms with Crippen LogP contribution in [0.1, 0.15) is 19.4 Å². The van der Waals surface area contributed by atoms with Crippen molar-refractivity contribution < 1.29 is 17.9 Å². The number of aryl methyl sites for hydroxylation is 1. The quantitative estimate of drug-likeness (QED) is 0.550. The maximum atomic E-state index is 12.8. The van der Waals surface area contributed by atoms with Crippen molar-refractivity contribution in [2.24, 2.45) is 0 Å². The number of sulfonamides is 1.